The zero-order valence-electron chi connectivity index (χ0n) is 11.0. The highest BCUT2D eigenvalue weighted by Gasteiger charge is 2.14. The molecule has 2 N–H and O–H groups in total. The summed E-state index contributed by atoms with van der Waals surface area (Å²) in [6.07, 6.45) is 2.33. The number of nitrogens with zero attached hydrogens (tertiary/aromatic N) is 1. The second-order valence-corrected chi connectivity index (χ2v) is 5.12. The van der Waals surface area contributed by atoms with Gasteiger partial charge in [0.1, 0.15) is 12.7 Å². The Morgan fingerprint density at radius 1 is 1.44 bits per heavy atom. The van der Waals surface area contributed by atoms with Crippen molar-refractivity contribution in [2.75, 3.05) is 13.2 Å². The van der Waals surface area contributed by atoms with E-state index in [1.165, 1.54) is 12.4 Å². The van der Waals surface area contributed by atoms with E-state index in [0.717, 1.165) is 0 Å². The van der Waals surface area contributed by atoms with E-state index >= 15 is 0 Å². The number of aliphatic hydroxyl groups excluding tert-OH is 1. The van der Waals surface area contributed by atoms with E-state index in [9.17, 15) is 9.90 Å². The number of ether oxygens (including phenoxy) is 1. The number of rotatable bonds is 5. The van der Waals surface area contributed by atoms with Gasteiger partial charge in [0.05, 0.1) is 5.56 Å². The third-order valence-corrected chi connectivity index (χ3v) is 2.19. The second kappa shape index (κ2) is 6.47. The maximum Gasteiger partial charge on any atom is 0.338 e. The number of hydrogen-bond donors (Lipinski definition) is 2. The zero-order valence-corrected chi connectivity index (χ0v) is 11.0. The first-order valence-corrected chi connectivity index (χ1v) is 5.89. The molecule has 0 aliphatic heterocycles. The number of β-amino-alcohol motifs (C(OH)–C–C–N with tert-alkyl or cyclic N) is 1. The number of carbonyl (C=O) groups is 1. The molecule has 1 rings (SSSR count). The highest BCUT2D eigenvalue weighted by molar-refractivity contribution is 5.89. The largest absolute Gasteiger partial charge is 0.459 e. The summed E-state index contributed by atoms with van der Waals surface area (Å²) in [6.45, 7) is 6.37. The quantitative estimate of drug-likeness (QED) is 0.765. The lowest BCUT2D eigenvalue weighted by atomic mass is 10.1. The smallest absolute Gasteiger partial charge is 0.338 e. The Balaban J connectivity index is 2.31. The lowest BCUT2D eigenvalue weighted by molar-refractivity contribution is 0.0247. The summed E-state index contributed by atoms with van der Waals surface area (Å²) in [7, 11) is 0. The van der Waals surface area contributed by atoms with Crippen LogP contribution in [0.1, 0.15) is 31.1 Å². The summed E-state index contributed by atoms with van der Waals surface area (Å²) in [5, 5.41) is 12.8. The molecule has 100 valence electrons. The molecule has 0 radical (unpaired) electrons. The van der Waals surface area contributed by atoms with Gasteiger partial charge in [-0.1, -0.05) is 0 Å². The maximum absolute atomic E-state index is 11.6. The van der Waals surface area contributed by atoms with Gasteiger partial charge in [0, 0.05) is 24.5 Å². The van der Waals surface area contributed by atoms with Gasteiger partial charge in [-0.2, -0.15) is 0 Å². The number of nitrogens with one attached hydrogen (secondary N) is 1. The van der Waals surface area contributed by atoms with Crippen molar-refractivity contribution in [2.24, 2.45) is 0 Å². The van der Waals surface area contributed by atoms with Crippen LogP contribution in [0, 0.1) is 0 Å². The van der Waals surface area contributed by atoms with E-state index in [1.54, 1.807) is 12.1 Å². The summed E-state index contributed by atoms with van der Waals surface area (Å²) < 4.78 is 5.00. The van der Waals surface area contributed by atoms with E-state index in [1.807, 2.05) is 20.8 Å². The highest BCUT2D eigenvalue weighted by atomic mass is 16.5. The fraction of sp³-hybridized carbons (Fsp3) is 0.538. The molecule has 0 unspecified atom stereocenters. The van der Waals surface area contributed by atoms with Crippen molar-refractivity contribution in [2.45, 2.75) is 32.4 Å². The lowest BCUT2D eigenvalue weighted by Gasteiger charge is -2.22. The summed E-state index contributed by atoms with van der Waals surface area (Å²) in [4.78, 5) is 15.4. The van der Waals surface area contributed by atoms with Crippen LogP contribution in [-0.4, -0.2) is 40.9 Å². The van der Waals surface area contributed by atoms with Crippen molar-refractivity contribution < 1.29 is 14.6 Å². The van der Waals surface area contributed by atoms with E-state index in [2.05, 4.69) is 10.3 Å². The minimum absolute atomic E-state index is 0.0236. The van der Waals surface area contributed by atoms with Crippen LogP contribution in [0.2, 0.25) is 0 Å². The molecule has 0 saturated heterocycles. The molecule has 1 aromatic heterocycles. The van der Waals surface area contributed by atoms with E-state index in [-0.39, 0.29) is 12.1 Å². The fourth-order valence-corrected chi connectivity index (χ4v) is 1.23. The van der Waals surface area contributed by atoms with Crippen molar-refractivity contribution in [3.63, 3.8) is 0 Å². The average molecular weight is 252 g/mol. The maximum atomic E-state index is 11.6. The van der Waals surface area contributed by atoms with E-state index in [0.29, 0.717) is 12.1 Å². The summed E-state index contributed by atoms with van der Waals surface area (Å²) >= 11 is 0. The molecule has 1 aromatic rings. The van der Waals surface area contributed by atoms with Crippen LogP contribution in [0.5, 0.6) is 0 Å². The van der Waals surface area contributed by atoms with Crippen molar-refractivity contribution in [3.05, 3.63) is 30.1 Å². The van der Waals surface area contributed by atoms with Gasteiger partial charge in [0.2, 0.25) is 0 Å². The van der Waals surface area contributed by atoms with Gasteiger partial charge in [-0.25, -0.2) is 4.79 Å². The van der Waals surface area contributed by atoms with Gasteiger partial charge in [-0.05, 0) is 32.9 Å². The standard InChI is InChI=1S/C13H20N2O3/c1-13(2,3)15-8-11(16)9-18-12(17)10-4-6-14-7-5-10/h4-7,11,15-16H,8-9H2,1-3H3/t11-/m0/s1. The Morgan fingerprint density at radius 2 is 2.06 bits per heavy atom. The third-order valence-electron chi connectivity index (χ3n) is 2.19. The molecule has 0 bridgehead atoms. The zero-order chi connectivity index (χ0) is 13.6. The summed E-state index contributed by atoms with van der Waals surface area (Å²) in [5.74, 6) is -0.452. The molecule has 5 heteroatoms. The SMILES string of the molecule is CC(C)(C)NC[C@H](O)COC(=O)c1ccncc1. The minimum Gasteiger partial charge on any atom is -0.459 e. The molecule has 0 amide bonds. The number of pyridine rings is 1. The molecule has 0 aromatic carbocycles. The molecule has 1 heterocycles. The topological polar surface area (TPSA) is 71.4 Å². The molecule has 0 aliphatic rings. The van der Waals surface area contributed by atoms with Crippen LogP contribution in [0.15, 0.2) is 24.5 Å². The Hall–Kier alpha value is -1.46. The van der Waals surface area contributed by atoms with Crippen LogP contribution < -0.4 is 5.32 Å². The molecular weight excluding hydrogens is 232 g/mol. The first kappa shape index (κ1) is 14.6. The normalized spacial score (nSPS) is 13.1. The number of hydrogen-bond acceptors (Lipinski definition) is 5. The first-order valence-electron chi connectivity index (χ1n) is 5.89. The molecular formula is C13H20N2O3. The monoisotopic (exact) mass is 252 g/mol. The Kier molecular flexibility index (Phi) is 5.25. The van der Waals surface area contributed by atoms with Gasteiger partial charge in [-0.15, -0.1) is 0 Å². The van der Waals surface area contributed by atoms with Crippen molar-refractivity contribution in [1.29, 1.82) is 0 Å². The molecule has 0 fully saturated rings. The number of aliphatic hydroxyl groups is 1. The van der Waals surface area contributed by atoms with Gasteiger partial charge < -0.3 is 15.2 Å². The third kappa shape index (κ3) is 5.75. The number of esters is 1. The van der Waals surface area contributed by atoms with Gasteiger partial charge in [-0.3, -0.25) is 4.98 Å². The van der Waals surface area contributed by atoms with Gasteiger partial charge in [0.15, 0.2) is 0 Å². The molecule has 18 heavy (non-hydrogen) atoms. The van der Waals surface area contributed by atoms with Gasteiger partial charge in [0.25, 0.3) is 0 Å². The van der Waals surface area contributed by atoms with Crippen molar-refractivity contribution in [1.82, 2.24) is 10.3 Å². The Morgan fingerprint density at radius 3 is 2.61 bits per heavy atom. The van der Waals surface area contributed by atoms with Crippen molar-refractivity contribution >= 4 is 5.97 Å². The van der Waals surface area contributed by atoms with E-state index in [4.69, 9.17) is 4.74 Å². The van der Waals surface area contributed by atoms with Crippen molar-refractivity contribution in [3.8, 4) is 0 Å². The first-order chi connectivity index (χ1) is 8.38. The highest BCUT2D eigenvalue weighted by Crippen LogP contribution is 2.01. The number of carbonyl (C=O) groups excluding carboxylic acids is 1. The lowest BCUT2D eigenvalue weighted by Crippen LogP contribution is -2.42. The van der Waals surface area contributed by atoms with Crippen LogP contribution in [0.3, 0.4) is 0 Å². The fourth-order valence-electron chi connectivity index (χ4n) is 1.23. The van der Waals surface area contributed by atoms with Crippen LogP contribution >= 0.6 is 0 Å². The number of aromatic nitrogens is 1. The molecule has 0 spiro atoms. The van der Waals surface area contributed by atoms with Crippen LogP contribution in [0.4, 0.5) is 0 Å². The van der Waals surface area contributed by atoms with Crippen LogP contribution in [-0.2, 0) is 4.74 Å². The molecule has 5 nitrogen and oxygen atoms in total. The Bertz CT molecular complexity index is 374. The molecule has 0 saturated carbocycles. The Labute approximate surface area is 107 Å². The predicted octanol–water partition coefficient (Wildman–Crippen LogP) is 0.987. The average Bonchev–Trinajstić information content (AvgIpc) is 2.33. The van der Waals surface area contributed by atoms with Gasteiger partial charge >= 0.3 is 5.97 Å². The minimum atomic E-state index is -0.713. The predicted molar refractivity (Wildman–Crippen MR) is 68.3 cm³/mol. The summed E-state index contributed by atoms with van der Waals surface area (Å²) in [6, 6.07) is 3.14. The van der Waals surface area contributed by atoms with Crippen LogP contribution in [0.25, 0.3) is 0 Å². The molecule has 0 aliphatic carbocycles. The summed E-state index contributed by atoms with van der Waals surface area (Å²) in [5.41, 5.74) is 0.358. The second-order valence-electron chi connectivity index (χ2n) is 5.12. The molecule has 1 atom stereocenters. The van der Waals surface area contributed by atoms with E-state index < -0.39 is 12.1 Å².